The second-order valence-corrected chi connectivity index (χ2v) is 5.70. The van der Waals surface area contributed by atoms with Crippen LogP contribution in [-0.4, -0.2) is 49.7 Å². The molecular weight excluding hydrogens is 252 g/mol. The summed E-state index contributed by atoms with van der Waals surface area (Å²) < 4.78 is 5.15. The second kappa shape index (κ2) is 10.2. The van der Waals surface area contributed by atoms with Gasteiger partial charge in [0.05, 0.1) is 12.5 Å². The molecule has 1 rings (SSSR count). The third kappa shape index (κ3) is 6.23. The van der Waals surface area contributed by atoms with Crippen molar-refractivity contribution in [2.75, 3.05) is 32.8 Å². The van der Waals surface area contributed by atoms with E-state index in [1.54, 1.807) is 0 Å². The summed E-state index contributed by atoms with van der Waals surface area (Å²) in [5, 5.41) is 3.62. The number of nitrogens with one attached hydrogen (secondary N) is 1. The normalized spacial score (nSPS) is 23.0. The molecule has 1 saturated carbocycles. The van der Waals surface area contributed by atoms with E-state index in [1.807, 2.05) is 6.92 Å². The van der Waals surface area contributed by atoms with Gasteiger partial charge in [0.1, 0.15) is 0 Å². The molecule has 0 radical (unpaired) electrons. The highest BCUT2D eigenvalue weighted by Gasteiger charge is 2.27. The Morgan fingerprint density at radius 2 is 2.05 bits per heavy atom. The van der Waals surface area contributed by atoms with Crippen LogP contribution in [0.15, 0.2) is 0 Å². The minimum atomic E-state index is 0.000155. The number of carbonyl (C=O) groups is 1. The fraction of sp³-hybridized carbons (Fsp3) is 0.938. The molecule has 4 nitrogen and oxygen atoms in total. The van der Waals surface area contributed by atoms with E-state index in [4.69, 9.17) is 4.74 Å². The third-order valence-electron chi connectivity index (χ3n) is 4.14. The van der Waals surface area contributed by atoms with Crippen molar-refractivity contribution in [1.29, 1.82) is 0 Å². The summed E-state index contributed by atoms with van der Waals surface area (Å²) >= 11 is 0. The van der Waals surface area contributed by atoms with Crippen molar-refractivity contribution in [1.82, 2.24) is 10.2 Å². The molecule has 0 aliphatic heterocycles. The molecule has 0 spiro atoms. The summed E-state index contributed by atoms with van der Waals surface area (Å²) in [6.45, 7) is 11.2. The zero-order valence-electron chi connectivity index (χ0n) is 13.5. The van der Waals surface area contributed by atoms with Crippen LogP contribution < -0.4 is 5.32 Å². The fourth-order valence-corrected chi connectivity index (χ4v) is 3.02. The van der Waals surface area contributed by atoms with Crippen molar-refractivity contribution in [3.05, 3.63) is 0 Å². The number of hydrogen-bond acceptors (Lipinski definition) is 4. The van der Waals surface area contributed by atoms with E-state index in [9.17, 15) is 4.79 Å². The molecule has 0 heterocycles. The zero-order chi connectivity index (χ0) is 14.8. The summed E-state index contributed by atoms with van der Waals surface area (Å²) in [5.74, 6) is 0.110. The van der Waals surface area contributed by atoms with Gasteiger partial charge in [-0.05, 0) is 45.7 Å². The number of hydrogen-bond donors (Lipinski definition) is 1. The first-order valence-corrected chi connectivity index (χ1v) is 8.33. The minimum Gasteiger partial charge on any atom is -0.466 e. The first-order chi connectivity index (χ1) is 9.71. The lowest BCUT2D eigenvalue weighted by Gasteiger charge is -2.29. The minimum absolute atomic E-state index is 0.000155. The van der Waals surface area contributed by atoms with Crippen LogP contribution in [0.25, 0.3) is 0 Å². The van der Waals surface area contributed by atoms with Crippen molar-refractivity contribution in [3.63, 3.8) is 0 Å². The van der Waals surface area contributed by atoms with Crippen LogP contribution in [0.2, 0.25) is 0 Å². The lowest BCUT2D eigenvalue weighted by molar-refractivity contribution is -0.149. The Kier molecular flexibility index (Phi) is 8.86. The number of carbonyl (C=O) groups excluding carboxylic acids is 1. The predicted molar refractivity (Wildman–Crippen MR) is 82.8 cm³/mol. The van der Waals surface area contributed by atoms with Gasteiger partial charge >= 0.3 is 5.97 Å². The van der Waals surface area contributed by atoms with Gasteiger partial charge in [-0.25, -0.2) is 0 Å². The molecule has 4 heteroatoms. The Morgan fingerprint density at radius 3 is 2.70 bits per heavy atom. The number of likely N-dealkylation sites (N-methyl/N-ethyl adjacent to an activating group) is 1. The Labute approximate surface area is 124 Å². The SMILES string of the molecule is CCCN(CC)CCNC1CCCC(C(=O)OCC)C1. The zero-order valence-corrected chi connectivity index (χ0v) is 13.5. The molecule has 2 atom stereocenters. The van der Waals surface area contributed by atoms with Crippen LogP contribution in [0.5, 0.6) is 0 Å². The van der Waals surface area contributed by atoms with Crippen LogP contribution in [0.1, 0.15) is 52.9 Å². The van der Waals surface area contributed by atoms with Crippen LogP contribution in [0, 0.1) is 5.92 Å². The lowest BCUT2D eigenvalue weighted by atomic mass is 9.86. The van der Waals surface area contributed by atoms with E-state index < -0.39 is 0 Å². The highest BCUT2D eigenvalue weighted by Crippen LogP contribution is 2.25. The molecule has 0 aromatic carbocycles. The Bertz CT molecular complexity index is 271. The van der Waals surface area contributed by atoms with E-state index in [2.05, 4.69) is 24.1 Å². The maximum absolute atomic E-state index is 11.8. The summed E-state index contributed by atoms with van der Waals surface area (Å²) in [6, 6.07) is 0.485. The highest BCUT2D eigenvalue weighted by molar-refractivity contribution is 5.72. The van der Waals surface area contributed by atoms with Gasteiger partial charge in [-0.3, -0.25) is 4.79 Å². The van der Waals surface area contributed by atoms with Crippen LogP contribution in [0.4, 0.5) is 0 Å². The molecule has 0 aromatic heterocycles. The van der Waals surface area contributed by atoms with Crippen molar-refractivity contribution >= 4 is 5.97 Å². The second-order valence-electron chi connectivity index (χ2n) is 5.70. The molecule has 0 amide bonds. The summed E-state index contributed by atoms with van der Waals surface area (Å²) in [5.41, 5.74) is 0. The highest BCUT2D eigenvalue weighted by atomic mass is 16.5. The number of ether oxygens (including phenoxy) is 1. The van der Waals surface area contributed by atoms with E-state index in [1.165, 1.54) is 19.4 Å². The standard InChI is InChI=1S/C16H32N2O2/c1-4-11-18(5-2)12-10-17-15-9-7-8-14(13-15)16(19)20-6-3/h14-15,17H,4-13H2,1-3H3. The molecule has 1 aliphatic rings. The van der Waals surface area contributed by atoms with Crippen LogP contribution >= 0.6 is 0 Å². The van der Waals surface area contributed by atoms with E-state index >= 15 is 0 Å². The Morgan fingerprint density at radius 1 is 1.25 bits per heavy atom. The van der Waals surface area contributed by atoms with Gasteiger partial charge in [-0.2, -0.15) is 0 Å². The smallest absolute Gasteiger partial charge is 0.308 e. The number of rotatable bonds is 9. The molecule has 118 valence electrons. The molecule has 1 N–H and O–H groups in total. The molecule has 20 heavy (non-hydrogen) atoms. The monoisotopic (exact) mass is 284 g/mol. The van der Waals surface area contributed by atoms with Crippen LogP contribution in [0.3, 0.4) is 0 Å². The van der Waals surface area contributed by atoms with E-state index in [0.717, 1.165) is 38.9 Å². The third-order valence-corrected chi connectivity index (χ3v) is 4.14. The van der Waals surface area contributed by atoms with Gasteiger partial charge in [0.2, 0.25) is 0 Å². The molecule has 0 bridgehead atoms. The van der Waals surface area contributed by atoms with E-state index in [-0.39, 0.29) is 11.9 Å². The maximum atomic E-state index is 11.8. The summed E-state index contributed by atoms with van der Waals surface area (Å²) in [7, 11) is 0. The van der Waals surface area contributed by atoms with Gasteiger partial charge in [0.25, 0.3) is 0 Å². The van der Waals surface area contributed by atoms with Crippen molar-refractivity contribution in [2.24, 2.45) is 5.92 Å². The maximum Gasteiger partial charge on any atom is 0.308 e. The Hall–Kier alpha value is -0.610. The summed E-state index contributed by atoms with van der Waals surface area (Å²) in [4.78, 5) is 14.3. The van der Waals surface area contributed by atoms with E-state index in [0.29, 0.717) is 12.6 Å². The van der Waals surface area contributed by atoms with Crippen molar-refractivity contribution < 1.29 is 9.53 Å². The summed E-state index contributed by atoms with van der Waals surface area (Å²) in [6.07, 6.45) is 5.47. The quantitative estimate of drug-likeness (QED) is 0.660. The average Bonchev–Trinajstić information content (AvgIpc) is 2.47. The molecule has 0 aromatic rings. The number of esters is 1. The first-order valence-electron chi connectivity index (χ1n) is 8.33. The van der Waals surface area contributed by atoms with Gasteiger partial charge in [0, 0.05) is 19.1 Å². The predicted octanol–water partition coefficient (Wildman–Crippen LogP) is 2.43. The van der Waals surface area contributed by atoms with Gasteiger partial charge in [0.15, 0.2) is 0 Å². The van der Waals surface area contributed by atoms with Crippen molar-refractivity contribution in [2.45, 2.75) is 58.9 Å². The fourth-order valence-electron chi connectivity index (χ4n) is 3.02. The molecule has 1 fully saturated rings. The number of nitrogens with zero attached hydrogens (tertiary/aromatic N) is 1. The van der Waals surface area contributed by atoms with Gasteiger partial charge < -0.3 is 15.0 Å². The molecule has 2 unspecified atom stereocenters. The van der Waals surface area contributed by atoms with Crippen LogP contribution in [-0.2, 0) is 9.53 Å². The largest absolute Gasteiger partial charge is 0.466 e. The molecule has 0 saturated heterocycles. The topological polar surface area (TPSA) is 41.6 Å². The van der Waals surface area contributed by atoms with Gasteiger partial charge in [-0.1, -0.05) is 20.3 Å². The van der Waals surface area contributed by atoms with Crippen molar-refractivity contribution in [3.8, 4) is 0 Å². The lowest BCUT2D eigenvalue weighted by Crippen LogP contribution is -2.41. The Balaban J connectivity index is 2.24. The van der Waals surface area contributed by atoms with Gasteiger partial charge in [-0.15, -0.1) is 0 Å². The average molecular weight is 284 g/mol. The molecule has 1 aliphatic carbocycles. The molecular formula is C16H32N2O2. The first kappa shape index (κ1) is 17.4.